The van der Waals surface area contributed by atoms with Crippen molar-refractivity contribution in [2.45, 2.75) is 19.9 Å². The number of nitrogens with two attached hydrogens (primary N) is 1. The molecule has 2 aromatic heterocycles. The van der Waals surface area contributed by atoms with E-state index in [9.17, 15) is 0 Å². The van der Waals surface area contributed by atoms with Gasteiger partial charge in [-0.15, -0.1) is 0 Å². The quantitative estimate of drug-likeness (QED) is 0.841. The molecule has 120 valence electrons. The molecular weight excluding hydrogens is 282 g/mol. The van der Waals surface area contributed by atoms with Gasteiger partial charge in [-0.25, -0.2) is 4.98 Å². The second-order valence-corrected chi connectivity index (χ2v) is 5.73. The summed E-state index contributed by atoms with van der Waals surface area (Å²) in [5.41, 5.74) is 7.43. The molecule has 0 saturated carbocycles. The number of aromatic nitrogens is 4. The second-order valence-electron chi connectivity index (χ2n) is 5.73. The molecule has 22 heavy (non-hydrogen) atoms. The van der Waals surface area contributed by atoms with Crippen molar-refractivity contribution in [3.63, 3.8) is 0 Å². The molecule has 8 nitrogen and oxygen atoms in total. The smallest absolute Gasteiger partial charge is 0.226 e. The van der Waals surface area contributed by atoms with Gasteiger partial charge in [0.05, 0.1) is 19.5 Å². The Kier molecular flexibility index (Phi) is 4.39. The van der Waals surface area contributed by atoms with E-state index in [-0.39, 0.29) is 6.04 Å². The van der Waals surface area contributed by atoms with Crippen molar-refractivity contribution in [2.75, 3.05) is 50.4 Å². The van der Waals surface area contributed by atoms with Gasteiger partial charge in [-0.2, -0.15) is 9.97 Å². The van der Waals surface area contributed by atoms with E-state index in [2.05, 4.69) is 39.0 Å². The van der Waals surface area contributed by atoms with Crippen LogP contribution in [0.15, 0.2) is 6.33 Å². The van der Waals surface area contributed by atoms with Crippen LogP contribution in [-0.4, -0.2) is 63.8 Å². The number of rotatable bonds is 5. The Morgan fingerprint density at radius 3 is 2.82 bits per heavy atom. The molecule has 0 radical (unpaired) electrons. The first-order valence-electron chi connectivity index (χ1n) is 7.69. The normalized spacial score (nSPS) is 16.5. The third-order valence-corrected chi connectivity index (χ3v) is 3.82. The van der Waals surface area contributed by atoms with Crippen LogP contribution in [0.1, 0.15) is 19.9 Å². The van der Waals surface area contributed by atoms with Gasteiger partial charge >= 0.3 is 0 Å². The molecule has 1 saturated heterocycles. The Morgan fingerprint density at radius 1 is 1.32 bits per heavy atom. The fraction of sp³-hybridized carbons (Fsp3) is 0.643. The fourth-order valence-corrected chi connectivity index (χ4v) is 2.55. The summed E-state index contributed by atoms with van der Waals surface area (Å²) in [5, 5.41) is 3.26. The van der Waals surface area contributed by atoms with E-state index in [1.165, 1.54) is 0 Å². The number of anilines is 2. The van der Waals surface area contributed by atoms with E-state index in [0.29, 0.717) is 17.3 Å². The molecule has 3 N–H and O–H groups in total. The average molecular weight is 305 g/mol. The zero-order valence-electron chi connectivity index (χ0n) is 13.1. The Bertz CT molecular complexity index is 633. The highest BCUT2D eigenvalue weighted by Crippen LogP contribution is 2.20. The number of ether oxygens (including phenoxy) is 1. The number of hydrogen-bond donors (Lipinski definition) is 2. The molecular formula is C14H23N7O. The lowest BCUT2D eigenvalue weighted by Crippen LogP contribution is -2.39. The van der Waals surface area contributed by atoms with Gasteiger partial charge in [0.2, 0.25) is 5.95 Å². The van der Waals surface area contributed by atoms with Crippen LogP contribution in [0.2, 0.25) is 0 Å². The average Bonchev–Trinajstić information content (AvgIpc) is 2.93. The summed E-state index contributed by atoms with van der Waals surface area (Å²) < 4.78 is 7.34. The largest absolute Gasteiger partial charge is 0.382 e. The molecule has 0 spiro atoms. The Labute approximate surface area is 129 Å². The molecule has 1 aliphatic heterocycles. The van der Waals surface area contributed by atoms with Crippen LogP contribution >= 0.6 is 0 Å². The van der Waals surface area contributed by atoms with Gasteiger partial charge in [0.25, 0.3) is 0 Å². The minimum absolute atomic E-state index is 0.278. The summed E-state index contributed by atoms with van der Waals surface area (Å²) in [6.07, 6.45) is 1.76. The van der Waals surface area contributed by atoms with Gasteiger partial charge < -0.3 is 20.4 Å². The van der Waals surface area contributed by atoms with Gasteiger partial charge in [-0.05, 0) is 13.8 Å². The zero-order chi connectivity index (χ0) is 15.5. The maximum absolute atomic E-state index is 5.99. The molecule has 0 amide bonds. The first-order valence-corrected chi connectivity index (χ1v) is 7.69. The molecule has 0 bridgehead atoms. The molecule has 8 heteroatoms. The number of imidazole rings is 1. The van der Waals surface area contributed by atoms with Crippen molar-refractivity contribution < 1.29 is 4.74 Å². The van der Waals surface area contributed by atoms with E-state index in [4.69, 9.17) is 10.5 Å². The van der Waals surface area contributed by atoms with Crippen LogP contribution in [0.5, 0.6) is 0 Å². The van der Waals surface area contributed by atoms with Gasteiger partial charge in [0.15, 0.2) is 11.5 Å². The predicted molar refractivity (Wildman–Crippen MR) is 85.9 cm³/mol. The first kappa shape index (κ1) is 15.0. The highest BCUT2D eigenvalue weighted by atomic mass is 16.5. The van der Waals surface area contributed by atoms with Crippen molar-refractivity contribution in [3.05, 3.63) is 6.33 Å². The van der Waals surface area contributed by atoms with Gasteiger partial charge in [0.1, 0.15) is 5.52 Å². The van der Waals surface area contributed by atoms with E-state index in [1.807, 2.05) is 4.57 Å². The Hall–Kier alpha value is -1.93. The van der Waals surface area contributed by atoms with E-state index in [0.717, 1.165) is 45.0 Å². The predicted octanol–water partition coefficient (Wildman–Crippen LogP) is 0.734. The molecule has 3 heterocycles. The number of nitrogen functional groups attached to an aromatic ring is 1. The number of hydrogen-bond acceptors (Lipinski definition) is 7. The molecule has 0 aliphatic carbocycles. The van der Waals surface area contributed by atoms with Crippen molar-refractivity contribution in [1.82, 2.24) is 24.4 Å². The van der Waals surface area contributed by atoms with Crippen molar-refractivity contribution in [1.29, 1.82) is 0 Å². The third kappa shape index (κ3) is 3.12. The van der Waals surface area contributed by atoms with Crippen LogP contribution in [-0.2, 0) is 4.74 Å². The topological polar surface area (TPSA) is 94.1 Å². The maximum atomic E-state index is 5.99. The minimum Gasteiger partial charge on any atom is -0.382 e. The lowest BCUT2D eigenvalue weighted by molar-refractivity contribution is 0.0398. The van der Waals surface area contributed by atoms with Crippen LogP contribution in [0, 0.1) is 0 Å². The maximum Gasteiger partial charge on any atom is 0.226 e. The lowest BCUT2D eigenvalue weighted by atomic mass is 10.4. The van der Waals surface area contributed by atoms with E-state index in [1.54, 1.807) is 6.33 Å². The Balaban J connectivity index is 1.69. The SMILES string of the molecule is CC(C)n1cnc2c(N)nc(NCCN3CCOCC3)nc21. The summed E-state index contributed by atoms with van der Waals surface area (Å²) in [4.78, 5) is 15.5. The highest BCUT2D eigenvalue weighted by molar-refractivity contribution is 5.82. The molecule has 0 unspecified atom stereocenters. The van der Waals surface area contributed by atoms with E-state index >= 15 is 0 Å². The van der Waals surface area contributed by atoms with Crippen molar-refractivity contribution in [2.24, 2.45) is 0 Å². The first-order chi connectivity index (χ1) is 10.6. The molecule has 3 rings (SSSR count). The highest BCUT2D eigenvalue weighted by Gasteiger charge is 2.13. The lowest BCUT2D eigenvalue weighted by Gasteiger charge is -2.26. The Morgan fingerprint density at radius 2 is 2.09 bits per heavy atom. The molecule has 0 atom stereocenters. The number of nitrogens with one attached hydrogen (secondary N) is 1. The standard InChI is InChI=1S/C14H23N7O/c1-10(2)21-9-17-11-12(15)18-14(19-13(11)21)16-3-4-20-5-7-22-8-6-20/h9-10H,3-8H2,1-2H3,(H3,15,16,18,19). The van der Waals surface area contributed by atoms with Crippen LogP contribution in [0.25, 0.3) is 11.2 Å². The van der Waals surface area contributed by atoms with Gasteiger partial charge in [-0.3, -0.25) is 4.90 Å². The summed E-state index contributed by atoms with van der Waals surface area (Å²) in [6.45, 7) is 9.46. The van der Waals surface area contributed by atoms with Crippen molar-refractivity contribution >= 4 is 22.9 Å². The van der Waals surface area contributed by atoms with Gasteiger partial charge in [0, 0.05) is 32.2 Å². The monoisotopic (exact) mass is 305 g/mol. The summed E-state index contributed by atoms with van der Waals surface area (Å²) in [7, 11) is 0. The van der Waals surface area contributed by atoms with Crippen LogP contribution in [0.4, 0.5) is 11.8 Å². The number of fused-ring (bicyclic) bond motifs is 1. The van der Waals surface area contributed by atoms with Gasteiger partial charge in [-0.1, -0.05) is 0 Å². The molecule has 2 aromatic rings. The minimum atomic E-state index is 0.278. The molecule has 1 aliphatic rings. The molecule has 1 fully saturated rings. The zero-order valence-corrected chi connectivity index (χ0v) is 13.1. The summed E-state index contributed by atoms with van der Waals surface area (Å²) in [6, 6.07) is 0.278. The third-order valence-electron chi connectivity index (χ3n) is 3.82. The fourth-order valence-electron chi connectivity index (χ4n) is 2.55. The van der Waals surface area contributed by atoms with E-state index < -0.39 is 0 Å². The second kappa shape index (κ2) is 6.45. The van der Waals surface area contributed by atoms with Crippen molar-refractivity contribution in [3.8, 4) is 0 Å². The summed E-state index contributed by atoms with van der Waals surface area (Å²) in [5.74, 6) is 0.971. The molecule has 0 aromatic carbocycles. The van der Waals surface area contributed by atoms with Crippen LogP contribution in [0.3, 0.4) is 0 Å². The van der Waals surface area contributed by atoms with Crippen LogP contribution < -0.4 is 11.1 Å². The summed E-state index contributed by atoms with van der Waals surface area (Å²) >= 11 is 0. The number of morpholine rings is 1. The number of nitrogens with zero attached hydrogens (tertiary/aromatic N) is 5.